The Hall–Kier alpha value is -3.58. The minimum atomic E-state index is 0.0224. The largest absolute Gasteiger partial charge is 0.490 e. The molecule has 0 radical (unpaired) electrons. The number of nitrogens with one attached hydrogen (secondary N) is 1. The lowest BCUT2D eigenvalue weighted by Gasteiger charge is -2.24. The van der Waals surface area contributed by atoms with Gasteiger partial charge in [-0.2, -0.15) is 5.10 Å². The average Bonchev–Trinajstić information content (AvgIpc) is 3.26. The molecule has 7 heteroatoms. The van der Waals surface area contributed by atoms with Crippen molar-refractivity contribution < 1.29 is 9.53 Å². The Labute approximate surface area is 186 Å². The average molecular weight is 428 g/mol. The van der Waals surface area contributed by atoms with Crippen molar-refractivity contribution in [1.82, 2.24) is 25.1 Å². The van der Waals surface area contributed by atoms with E-state index in [1.807, 2.05) is 49.6 Å². The van der Waals surface area contributed by atoms with Crippen molar-refractivity contribution in [2.24, 2.45) is 7.05 Å². The highest BCUT2D eigenvalue weighted by Crippen LogP contribution is 2.23. The van der Waals surface area contributed by atoms with E-state index in [0.29, 0.717) is 5.56 Å². The Morgan fingerprint density at radius 2 is 1.94 bits per heavy atom. The quantitative estimate of drug-likeness (QED) is 0.474. The van der Waals surface area contributed by atoms with E-state index in [1.165, 1.54) is 0 Å². The number of carbonyl (C=O) groups is 1. The summed E-state index contributed by atoms with van der Waals surface area (Å²) in [6.45, 7) is 1.93. The van der Waals surface area contributed by atoms with Gasteiger partial charge in [0.15, 0.2) is 5.78 Å². The molecule has 0 saturated carbocycles. The van der Waals surface area contributed by atoms with Crippen LogP contribution in [-0.2, 0) is 13.5 Å². The summed E-state index contributed by atoms with van der Waals surface area (Å²) >= 11 is 0. The number of hydrogen-bond acceptors (Lipinski definition) is 6. The fraction of sp³-hybridized carbons (Fsp3) is 0.280. The molecule has 5 rings (SSSR count). The molecule has 0 bridgehead atoms. The molecule has 0 spiro atoms. The molecule has 4 heterocycles. The number of aromatic nitrogens is 4. The summed E-state index contributed by atoms with van der Waals surface area (Å²) in [5.41, 5.74) is 3.17. The molecule has 0 unspecified atom stereocenters. The lowest BCUT2D eigenvalue weighted by Crippen LogP contribution is -2.34. The zero-order chi connectivity index (χ0) is 21.9. The van der Waals surface area contributed by atoms with E-state index in [4.69, 9.17) is 4.74 Å². The highest BCUT2D eigenvalue weighted by molar-refractivity contribution is 5.98. The van der Waals surface area contributed by atoms with Crippen LogP contribution >= 0.6 is 0 Å². The minimum absolute atomic E-state index is 0.0224. The number of Topliss-reactive ketones (excluding diaryl/α,β-unsaturated/α-hetero) is 1. The number of benzene rings is 1. The lowest BCUT2D eigenvalue weighted by atomic mass is 10.0. The van der Waals surface area contributed by atoms with Gasteiger partial charge in [-0.3, -0.25) is 19.4 Å². The third-order valence-electron chi connectivity index (χ3n) is 5.75. The van der Waals surface area contributed by atoms with E-state index in [0.717, 1.165) is 59.4 Å². The number of ether oxygens (including phenoxy) is 1. The number of hydrogen-bond donors (Lipinski definition) is 1. The topological polar surface area (TPSA) is 81.9 Å². The molecule has 1 fully saturated rings. The van der Waals surface area contributed by atoms with Crippen LogP contribution in [0.4, 0.5) is 0 Å². The Kier molecular flexibility index (Phi) is 5.64. The summed E-state index contributed by atoms with van der Waals surface area (Å²) in [6, 6.07) is 11.4. The number of rotatable bonds is 6. The fourth-order valence-corrected chi connectivity index (χ4v) is 4.01. The number of piperidine rings is 1. The Morgan fingerprint density at radius 1 is 1.09 bits per heavy atom. The molecular formula is C25H25N5O2. The van der Waals surface area contributed by atoms with Gasteiger partial charge in [0.25, 0.3) is 0 Å². The van der Waals surface area contributed by atoms with Gasteiger partial charge in [0, 0.05) is 47.8 Å². The molecule has 32 heavy (non-hydrogen) atoms. The van der Waals surface area contributed by atoms with Crippen molar-refractivity contribution >= 4 is 16.6 Å². The summed E-state index contributed by atoms with van der Waals surface area (Å²) in [6.07, 6.45) is 9.69. The lowest BCUT2D eigenvalue weighted by molar-refractivity contribution is 0.0990. The summed E-state index contributed by atoms with van der Waals surface area (Å²) in [4.78, 5) is 21.9. The first-order chi connectivity index (χ1) is 15.6. The van der Waals surface area contributed by atoms with Crippen LogP contribution in [-0.4, -0.2) is 44.7 Å². The van der Waals surface area contributed by atoms with E-state index in [9.17, 15) is 4.79 Å². The van der Waals surface area contributed by atoms with Gasteiger partial charge in [-0.15, -0.1) is 0 Å². The number of pyridine rings is 2. The molecule has 1 aliphatic heterocycles. The summed E-state index contributed by atoms with van der Waals surface area (Å²) in [7, 11) is 1.88. The van der Waals surface area contributed by atoms with Crippen molar-refractivity contribution in [2.45, 2.75) is 25.4 Å². The molecule has 1 aromatic carbocycles. The number of carbonyl (C=O) groups excluding carboxylic acids is 1. The zero-order valence-electron chi connectivity index (χ0n) is 18.0. The van der Waals surface area contributed by atoms with Gasteiger partial charge in [-0.05, 0) is 55.6 Å². The summed E-state index contributed by atoms with van der Waals surface area (Å²) in [5, 5.41) is 9.48. The number of ketones is 1. The van der Waals surface area contributed by atoms with Crippen molar-refractivity contribution in [3.63, 3.8) is 0 Å². The van der Waals surface area contributed by atoms with Gasteiger partial charge in [-0.25, -0.2) is 0 Å². The van der Waals surface area contributed by atoms with Crippen LogP contribution < -0.4 is 10.1 Å². The molecule has 0 aliphatic carbocycles. The van der Waals surface area contributed by atoms with Crippen LogP contribution in [0, 0.1) is 0 Å². The maximum atomic E-state index is 13.0. The van der Waals surface area contributed by atoms with Gasteiger partial charge in [-0.1, -0.05) is 12.1 Å². The van der Waals surface area contributed by atoms with Crippen molar-refractivity contribution in [3.05, 3.63) is 72.4 Å². The molecular weight excluding hydrogens is 402 g/mol. The second-order valence-electron chi connectivity index (χ2n) is 8.19. The number of aryl methyl sites for hydroxylation is 1. The normalized spacial score (nSPS) is 14.5. The van der Waals surface area contributed by atoms with Crippen LogP contribution in [0.2, 0.25) is 0 Å². The molecule has 1 N–H and O–H groups in total. The van der Waals surface area contributed by atoms with Crippen LogP contribution in [0.1, 0.15) is 28.9 Å². The standard InChI is InChI=1S/C25H25N5O2/c1-30-16-20(15-29-30)24-11-18-9-21(27-13-19(18)14-28-24)12-25(31)17-3-2-4-23(10-17)32-22-5-7-26-8-6-22/h2-4,9-11,13-16,22,26H,5-8,12H2,1H3. The third-order valence-corrected chi connectivity index (χ3v) is 5.75. The van der Waals surface area contributed by atoms with Crippen LogP contribution in [0.5, 0.6) is 5.75 Å². The Bertz CT molecular complexity index is 1260. The zero-order valence-corrected chi connectivity index (χ0v) is 18.0. The van der Waals surface area contributed by atoms with Crippen molar-refractivity contribution in [3.8, 4) is 17.0 Å². The van der Waals surface area contributed by atoms with Crippen LogP contribution in [0.15, 0.2) is 61.2 Å². The van der Waals surface area contributed by atoms with E-state index in [2.05, 4.69) is 20.4 Å². The molecule has 0 atom stereocenters. The van der Waals surface area contributed by atoms with Crippen LogP contribution in [0.25, 0.3) is 22.0 Å². The first kappa shape index (κ1) is 20.3. The SMILES string of the molecule is Cn1cc(-c2cc3cc(CC(=O)c4cccc(OC5CCNCC5)c4)ncc3cn2)cn1. The van der Waals surface area contributed by atoms with Gasteiger partial charge < -0.3 is 10.1 Å². The Morgan fingerprint density at radius 3 is 2.75 bits per heavy atom. The van der Waals surface area contributed by atoms with Gasteiger partial charge >= 0.3 is 0 Å². The predicted molar refractivity (Wildman–Crippen MR) is 123 cm³/mol. The molecule has 3 aromatic heterocycles. The maximum Gasteiger partial charge on any atom is 0.168 e. The minimum Gasteiger partial charge on any atom is -0.490 e. The Balaban J connectivity index is 1.33. The first-order valence-electron chi connectivity index (χ1n) is 10.9. The first-order valence-corrected chi connectivity index (χ1v) is 10.9. The fourth-order valence-electron chi connectivity index (χ4n) is 4.01. The molecule has 1 saturated heterocycles. The summed E-state index contributed by atoms with van der Waals surface area (Å²) < 4.78 is 7.84. The van der Waals surface area contributed by atoms with Crippen LogP contribution in [0.3, 0.4) is 0 Å². The third kappa shape index (κ3) is 4.53. The second kappa shape index (κ2) is 8.88. The van der Waals surface area contributed by atoms with Gasteiger partial charge in [0.2, 0.25) is 0 Å². The number of fused-ring (bicyclic) bond motifs is 1. The number of nitrogens with zero attached hydrogens (tertiary/aromatic N) is 4. The molecule has 7 nitrogen and oxygen atoms in total. The molecule has 0 amide bonds. The van der Waals surface area contributed by atoms with E-state index >= 15 is 0 Å². The maximum absolute atomic E-state index is 13.0. The highest BCUT2D eigenvalue weighted by atomic mass is 16.5. The van der Waals surface area contributed by atoms with Crippen molar-refractivity contribution in [2.75, 3.05) is 13.1 Å². The summed E-state index contributed by atoms with van der Waals surface area (Å²) in [5.74, 6) is 0.774. The van der Waals surface area contributed by atoms with Gasteiger partial charge in [0.05, 0.1) is 18.3 Å². The molecule has 162 valence electrons. The van der Waals surface area contributed by atoms with E-state index < -0.39 is 0 Å². The van der Waals surface area contributed by atoms with Gasteiger partial charge in [0.1, 0.15) is 11.9 Å². The molecule has 4 aromatic rings. The van der Waals surface area contributed by atoms with E-state index in [-0.39, 0.29) is 18.3 Å². The van der Waals surface area contributed by atoms with Crippen molar-refractivity contribution in [1.29, 1.82) is 0 Å². The second-order valence-corrected chi connectivity index (χ2v) is 8.19. The molecule has 1 aliphatic rings. The highest BCUT2D eigenvalue weighted by Gasteiger charge is 2.16. The predicted octanol–water partition coefficient (Wildman–Crippen LogP) is 3.59. The smallest absolute Gasteiger partial charge is 0.168 e. The monoisotopic (exact) mass is 427 g/mol. The van der Waals surface area contributed by atoms with E-state index in [1.54, 1.807) is 23.3 Å².